The monoisotopic (exact) mass is 291 g/mol. The molecule has 0 aliphatic rings. The first-order valence-corrected chi connectivity index (χ1v) is 6.47. The predicted molar refractivity (Wildman–Crippen MR) is 75.5 cm³/mol. The predicted octanol–water partition coefficient (Wildman–Crippen LogP) is 2.00. The number of carboxylic acids is 1. The zero-order valence-corrected chi connectivity index (χ0v) is 12.1. The maximum atomic E-state index is 11.3. The second kappa shape index (κ2) is 6.25. The minimum atomic E-state index is -0.947. The fourth-order valence-electron chi connectivity index (χ4n) is 2.13. The Balaban J connectivity index is 2.53. The molecule has 0 bridgehead atoms. The molecule has 1 unspecified atom stereocenters. The molecule has 0 spiro atoms. The molecule has 0 saturated heterocycles. The van der Waals surface area contributed by atoms with Gasteiger partial charge in [-0.25, -0.2) is 9.48 Å². The van der Waals surface area contributed by atoms with Crippen LogP contribution in [0.2, 0.25) is 0 Å². The van der Waals surface area contributed by atoms with E-state index in [1.807, 2.05) is 0 Å². The molecule has 7 nitrogen and oxygen atoms in total. The smallest absolute Gasteiger partial charge is 0.328 e. The number of hydrogen-bond acceptors (Lipinski definition) is 5. The molecule has 1 heterocycles. The van der Waals surface area contributed by atoms with Gasteiger partial charge in [0, 0.05) is 11.6 Å². The van der Waals surface area contributed by atoms with E-state index in [9.17, 15) is 9.90 Å². The first-order valence-electron chi connectivity index (χ1n) is 6.47. The van der Waals surface area contributed by atoms with Crippen LogP contribution < -0.4 is 9.47 Å². The van der Waals surface area contributed by atoms with Gasteiger partial charge in [0.1, 0.15) is 11.5 Å². The summed E-state index contributed by atoms with van der Waals surface area (Å²) in [7, 11) is 3.11. The first-order chi connectivity index (χ1) is 10.1. The molecule has 0 aliphatic carbocycles. The first kappa shape index (κ1) is 14.8. The number of ether oxygens (including phenoxy) is 2. The van der Waals surface area contributed by atoms with Crippen molar-refractivity contribution < 1.29 is 19.4 Å². The van der Waals surface area contributed by atoms with Gasteiger partial charge in [0.15, 0.2) is 6.04 Å². The van der Waals surface area contributed by atoms with Gasteiger partial charge < -0.3 is 14.6 Å². The number of aliphatic carboxylic acids is 1. The van der Waals surface area contributed by atoms with Crippen molar-refractivity contribution in [1.29, 1.82) is 0 Å². The average molecular weight is 291 g/mol. The van der Waals surface area contributed by atoms with E-state index in [0.29, 0.717) is 29.2 Å². The molecule has 0 amide bonds. The number of rotatable bonds is 6. The summed E-state index contributed by atoms with van der Waals surface area (Å²) in [5.41, 5.74) is 1.30. The maximum Gasteiger partial charge on any atom is 0.328 e. The Morgan fingerprint density at radius 1 is 1.38 bits per heavy atom. The quantitative estimate of drug-likeness (QED) is 0.876. The molecule has 1 aromatic carbocycles. The van der Waals surface area contributed by atoms with E-state index in [1.54, 1.807) is 39.3 Å². The Bertz CT molecular complexity index is 639. The number of hydrogen-bond donors (Lipinski definition) is 1. The van der Waals surface area contributed by atoms with Crippen molar-refractivity contribution in [3.8, 4) is 22.8 Å². The van der Waals surface area contributed by atoms with Crippen LogP contribution in [0, 0.1) is 0 Å². The second-order valence-corrected chi connectivity index (χ2v) is 4.39. The molecule has 1 aromatic heterocycles. The number of aromatic nitrogens is 3. The molecule has 7 heteroatoms. The Kier molecular flexibility index (Phi) is 4.42. The fraction of sp³-hybridized carbons (Fsp3) is 0.357. The maximum absolute atomic E-state index is 11.3. The van der Waals surface area contributed by atoms with E-state index in [-0.39, 0.29) is 0 Å². The largest absolute Gasteiger partial charge is 0.497 e. The van der Waals surface area contributed by atoms with Gasteiger partial charge in [0.2, 0.25) is 0 Å². The van der Waals surface area contributed by atoms with E-state index in [0.717, 1.165) is 0 Å². The summed E-state index contributed by atoms with van der Waals surface area (Å²) in [6, 6.07) is 4.53. The summed E-state index contributed by atoms with van der Waals surface area (Å²) in [5.74, 6) is 0.273. The lowest BCUT2D eigenvalue weighted by Gasteiger charge is -2.15. The van der Waals surface area contributed by atoms with Gasteiger partial charge in [-0.2, -0.15) is 0 Å². The van der Waals surface area contributed by atoms with Crippen molar-refractivity contribution in [1.82, 2.24) is 15.0 Å². The van der Waals surface area contributed by atoms with Crippen molar-refractivity contribution >= 4 is 5.97 Å². The highest BCUT2D eigenvalue weighted by molar-refractivity contribution is 5.74. The normalized spacial score (nSPS) is 12.0. The van der Waals surface area contributed by atoms with Crippen LogP contribution in [0.3, 0.4) is 0 Å². The van der Waals surface area contributed by atoms with Crippen LogP contribution in [-0.4, -0.2) is 40.3 Å². The fourth-order valence-corrected chi connectivity index (χ4v) is 2.13. The summed E-state index contributed by atoms with van der Waals surface area (Å²) in [5, 5.41) is 17.0. The van der Waals surface area contributed by atoms with Gasteiger partial charge in [0.05, 0.1) is 26.1 Å². The van der Waals surface area contributed by atoms with Gasteiger partial charge in [-0.15, -0.1) is 5.10 Å². The van der Waals surface area contributed by atoms with Gasteiger partial charge >= 0.3 is 5.97 Å². The highest BCUT2D eigenvalue weighted by Crippen LogP contribution is 2.34. The third-order valence-corrected chi connectivity index (χ3v) is 3.23. The molecular weight excluding hydrogens is 274 g/mol. The summed E-state index contributed by atoms with van der Waals surface area (Å²) in [4.78, 5) is 11.3. The summed E-state index contributed by atoms with van der Waals surface area (Å²) >= 11 is 0. The van der Waals surface area contributed by atoms with E-state index in [1.165, 1.54) is 10.9 Å². The van der Waals surface area contributed by atoms with E-state index >= 15 is 0 Å². The Morgan fingerprint density at radius 2 is 2.14 bits per heavy atom. The van der Waals surface area contributed by atoms with Crippen LogP contribution >= 0.6 is 0 Å². The van der Waals surface area contributed by atoms with Crippen LogP contribution in [-0.2, 0) is 4.79 Å². The molecule has 0 radical (unpaired) electrons. The molecule has 1 atom stereocenters. The number of nitrogens with zero attached hydrogens (tertiary/aromatic N) is 3. The van der Waals surface area contributed by atoms with Crippen LogP contribution in [0.15, 0.2) is 24.4 Å². The average Bonchev–Trinajstić information content (AvgIpc) is 2.95. The van der Waals surface area contributed by atoms with Crippen molar-refractivity contribution in [2.75, 3.05) is 14.2 Å². The van der Waals surface area contributed by atoms with Gasteiger partial charge in [0.25, 0.3) is 0 Å². The molecule has 2 rings (SSSR count). The number of carboxylic acid groups (broad SMARTS) is 1. The molecule has 21 heavy (non-hydrogen) atoms. The zero-order chi connectivity index (χ0) is 15.4. The summed E-state index contributed by atoms with van der Waals surface area (Å²) < 4.78 is 11.9. The Labute approximate surface area is 122 Å². The van der Waals surface area contributed by atoms with E-state index in [2.05, 4.69) is 10.3 Å². The molecule has 0 aliphatic heterocycles. The molecule has 2 aromatic rings. The van der Waals surface area contributed by atoms with Gasteiger partial charge in [-0.1, -0.05) is 12.1 Å². The Hall–Kier alpha value is -2.57. The van der Waals surface area contributed by atoms with Crippen LogP contribution in [0.25, 0.3) is 11.3 Å². The van der Waals surface area contributed by atoms with Crippen molar-refractivity contribution in [2.24, 2.45) is 0 Å². The molecule has 1 N–H and O–H groups in total. The zero-order valence-electron chi connectivity index (χ0n) is 12.1. The van der Waals surface area contributed by atoms with E-state index < -0.39 is 12.0 Å². The lowest BCUT2D eigenvalue weighted by molar-refractivity contribution is -0.141. The highest BCUT2D eigenvalue weighted by Gasteiger charge is 2.23. The molecule has 0 fully saturated rings. The van der Waals surface area contributed by atoms with Crippen LogP contribution in [0.4, 0.5) is 0 Å². The SMILES string of the molecule is CCC(C(=O)O)n1nncc1-c1ccc(OC)cc1OC. The Morgan fingerprint density at radius 3 is 2.71 bits per heavy atom. The van der Waals surface area contributed by atoms with E-state index in [4.69, 9.17) is 9.47 Å². The lowest BCUT2D eigenvalue weighted by atomic mass is 10.1. The summed E-state index contributed by atoms with van der Waals surface area (Å²) in [6.07, 6.45) is 1.93. The second-order valence-electron chi connectivity index (χ2n) is 4.39. The summed E-state index contributed by atoms with van der Waals surface area (Å²) in [6.45, 7) is 1.79. The molecule has 112 valence electrons. The van der Waals surface area contributed by atoms with Crippen molar-refractivity contribution in [3.05, 3.63) is 24.4 Å². The number of carbonyl (C=O) groups is 1. The van der Waals surface area contributed by atoms with Crippen molar-refractivity contribution in [3.63, 3.8) is 0 Å². The molecule has 0 saturated carbocycles. The number of methoxy groups -OCH3 is 2. The van der Waals surface area contributed by atoms with Crippen LogP contribution in [0.5, 0.6) is 11.5 Å². The molecular formula is C14H17N3O4. The van der Waals surface area contributed by atoms with Crippen molar-refractivity contribution in [2.45, 2.75) is 19.4 Å². The van der Waals surface area contributed by atoms with Gasteiger partial charge in [-0.05, 0) is 18.6 Å². The standard InChI is InChI=1S/C14H17N3O4/c1-4-11(14(18)19)17-12(8-15-16-17)10-6-5-9(20-2)7-13(10)21-3/h5-8,11H,4H2,1-3H3,(H,18,19). The van der Waals surface area contributed by atoms with Crippen LogP contribution in [0.1, 0.15) is 19.4 Å². The third kappa shape index (κ3) is 2.81. The number of benzene rings is 1. The minimum absolute atomic E-state index is 0.407. The van der Waals surface area contributed by atoms with Gasteiger partial charge in [-0.3, -0.25) is 0 Å². The highest BCUT2D eigenvalue weighted by atomic mass is 16.5. The third-order valence-electron chi connectivity index (χ3n) is 3.23. The minimum Gasteiger partial charge on any atom is -0.497 e. The lowest BCUT2D eigenvalue weighted by Crippen LogP contribution is -2.20. The topological polar surface area (TPSA) is 86.5 Å².